The van der Waals surface area contributed by atoms with Crippen LogP contribution in [0.5, 0.6) is 11.5 Å². The molecular weight excluding hydrogens is 352 g/mol. The number of methoxy groups -OCH3 is 1. The second-order valence-corrected chi connectivity index (χ2v) is 6.26. The molecule has 2 rings (SSSR count). The molecule has 2 aromatic carbocycles. The molecule has 0 aliphatic carbocycles. The van der Waals surface area contributed by atoms with Crippen molar-refractivity contribution < 1.29 is 14.3 Å². The third-order valence-corrected chi connectivity index (χ3v) is 4.03. The van der Waals surface area contributed by atoms with Crippen molar-refractivity contribution in [1.29, 1.82) is 0 Å². The third-order valence-electron chi connectivity index (χ3n) is 3.80. The van der Waals surface area contributed by atoms with Crippen LogP contribution in [0.15, 0.2) is 47.6 Å². The summed E-state index contributed by atoms with van der Waals surface area (Å²) in [4.78, 5) is 11.9. The van der Waals surface area contributed by atoms with E-state index in [0.29, 0.717) is 24.5 Å². The molecule has 5 nitrogen and oxygen atoms in total. The van der Waals surface area contributed by atoms with Gasteiger partial charge in [0.15, 0.2) is 0 Å². The predicted octanol–water partition coefficient (Wildman–Crippen LogP) is 4.36. The number of ether oxygens (including phenoxy) is 2. The molecule has 0 aromatic heterocycles. The van der Waals surface area contributed by atoms with Crippen LogP contribution in [0.4, 0.5) is 0 Å². The zero-order valence-electron chi connectivity index (χ0n) is 15.2. The van der Waals surface area contributed by atoms with Crippen LogP contribution in [0.1, 0.15) is 30.9 Å². The van der Waals surface area contributed by atoms with E-state index in [0.717, 1.165) is 28.3 Å². The van der Waals surface area contributed by atoms with Gasteiger partial charge in [-0.1, -0.05) is 11.6 Å². The number of carbonyl (C=O) groups excluding carboxylic acids is 1. The molecule has 0 fully saturated rings. The number of hydrazone groups is 1. The zero-order valence-corrected chi connectivity index (χ0v) is 16.0. The van der Waals surface area contributed by atoms with Crippen LogP contribution in [0.2, 0.25) is 5.02 Å². The molecule has 1 N–H and O–H groups in total. The normalized spacial score (nSPS) is 11.2. The van der Waals surface area contributed by atoms with Crippen molar-refractivity contribution in [2.45, 2.75) is 26.7 Å². The number of carbonyl (C=O) groups is 1. The minimum atomic E-state index is -0.144. The highest BCUT2D eigenvalue weighted by Gasteiger charge is 2.04. The van der Waals surface area contributed by atoms with Crippen LogP contribution in [0, 0.1) is 6.92 Å². The van der Waals surface area contributed by atoms with Crippen LogP contribution in [0.25, 0.3) is 0 Å². The van der Waals surface area contributed by atoms with E-state index in [1.165, 1.54) is 0 Å². The number of halogens is 1. The summed E-state index contributed by atoms with van der Waals surface area (Å²) in [6.07, 6.45) is 0.942. The first kappa shape index (κ1) is 19.8. The molecule has 0 aliphatic rings. The minimum Gasteiger partial charge on any atom is -0.497 e. The van der Waals surface area contributed by atoms with E-state index < -0.39 is 0 Å². The first-order valence-corrected chi connectivity index (χ1v) is 8.74. The number of benzene rings is 2. The second kappa shape index (κ2) is 9.82. The van der Waals surface area contributed by atoms with Crippen LogP contribution in [-0.4, -0.2) is 25.3 Å². The quantitative estimate of drug-likeness (QED) is 0.424. The van der Waals surface area contributed by atoms with Gasteiger partial charge in [0, 0.05) is 11.4 Å². The van der Waals surface area contributed by atoms with Crippen molar-refractivity contribution in [3.05, 3.63) is 58.6 Å². The lowest BCUT2D eigenvalue weighted by Crippen LogP contribution is -2.19. The summed E-state index contributed by atoms with van der Waals surface area (Å²) in [7, 11) is 1.62. The molecular formula is C20H23ClN2O3. The molecule has 0 heterocycles. The molecule has 138 valence electrons. The highest BCUT2D eigenvalue weighted by Crippen LogP contribution is 2.21. The SMILES string of the molecule is COc1ccc(/C(C)=N/NC(=O)CCCOc2ccc(Cl)cc2C)cc1. The number of rotatable bonds is 8. The standard InChI is InChI=1S/C20H23ClN2O3/c1-14-13-17(21)8-11-19(14)26-12-4-5-20(24)23-22-15(2)16-6-9-18(25-3)10-7-16/h6-11,13H,4-5,12H2,1-3H3,(H,23,24)/b22-15+. The largest absolute Gasteiger partial charge is 0.497 e. The lowest BCUT2D eigenvalue weighted by Gasteiger charge is -2.09. The van der Waals surface area contributed by atoms with E-state index in [9.17, 15) is 4.79 Å². The van der Waals surface area contributed by atoms with Gasteiger partial charge in [0.2, 0.25) is 5.91 Å². The van der Waals surface area contributed by atoms with E-state index in [1.54, 1.807) is 13.2 Å². The van der Waals surface area contributed by atoms with Crippen molar-refractivity contribution in [2.24, 2.45) is 5.10 Å². The molecule has 6 heteroatoms. The summed E-state index contributed by atoms with van der Waals surface area (Å²) in [5.74, 6) is 1.42. The zero-order chi connectivity index (χ0) is 18.9. The molecule has 0 unspecified atom stereocenters. The Morgan fingerprint density at radius 3 is 2.58 bits per heavy atom. The summed E-state index contributed by atoms with van der Waals surface area (Å²) in [6, 6.07) is 13.0. The molecule has 26 heavy (non-hydrogen) atoms. The number of amides is 1. The Morgan fingerprint density at radius 2 is 1.92 bits per heavy atom. The number of hydrogen-bond acceptors (Lipinski definition) is 4. The molecule has 0 bridgehead atoms. The van der Waals surface area contributed by atoms with Gasteiger partial charge in [0.25, 0.3) is 0 Å². The fourth-order valence-electron chi connectivity index (χ4n) is 2.29. The van der Waals surface area contributed by atoms with Crippen molar-refractivity contribution in [3.8, 4) is 11.5 Å². The number of nitrogens with one attached hydrogen (secondary N) is 1. The monoisotopic (exact) mass is 374 g/mol. The van der Waals surface area contributed by atoms with E-state index in [2.05, 4.69) is 10.5 Å². The van der Waals surface area contributed by atoms with Gasteiger partial charge in [-0.3, -0.25) is 4.79 Å². The van der Waals surface area contributed by atoms with Gasteiger partial charge >= 0.3 is 0 Å². The van der Waals surface area contributed by atoms with E-state index in [1.807, 2.05) is 50.2 Å². The van der Waals surface area contributed by atoms with Gasteiger partial charge in [-0.15, -0.1) is 0 Å². The van der Waals surface area contributed by atoms with Gasteiger partial charge in [0.1, 0.15) is 11.5 Å². The first-order valence-electron chi connectivity index (χ1n) is 8.36. The number of hydrogen-bond donors (Lipinski definition) is 1. The highest BCUT2D eigenvalue weighted by molar-refractivity contribution is 6.30. The maximum atomic E-state index is 11.9. The average Bonchev–Trinajstić information content (AvgIpc) is 2.64. The highest BCUT2D eigenvalue weighted by atomic mass is 35.5. The Kier molecular flexibility index (Phi) is 7.48. The van der Waals surface area contributed by atoms with Crippen LogP contribution in [-0.2, 0) is 4.79 Å². The van der Waals surface area contributed by atoms with E-state index in [-0.39, 0.29) is 5.91 Å². The molecule has 0 atom stereocenters. The number of aryl methyl sites for hydroxylation is 1. The predicted molar refractivity (Wildman–Crippen MR) is 104 cm³/mol. The van der Waals surface area contributed by atoms with Crippen molar-refractivity contribution in [3.63, 3.8) is 0 Å². The summed E-state index contributed by atoms with van der Waals surface area (Å²) in [5, 5.41) is 4.81. The first-order chi connectivity index (χ1) is 12.5. The fraction of sp³-hybridized carbons (Fsp3) is 0.300. The molecule has 0 spiro atoms. The smallest absolute Gasteiger partial charge is 0.240 e. The topological polar surface area (TPSA) is 59.9 Å². The summed E-state index contributed by atoms with van der Waals surface area (Å²) < 4.78 is 10.8. The summed E-state index contributed by atoms with van der Waals surface area (Å²) in [6.45, 7) is 4.23. The lowest BCUT2D eigenvalue weighted by molar-refractivity contribution is -0.121. The minimum absolute atomic E-state index is 0.144. The van der Waals surface area contributed by atoms with Crippen molar-refractivity contribution >= 4 is 23.2 Å². The van der Waals surface area contributed by atoms with Gasteiger partial charge in [-0.25, -0.2) is 5.43 Å². The Morgan fingerprint density at radius 1 is 1.19 bits per heavy atom. The maximum Gasteiger partial charge on any atom is 0.240 e. The van der Waals surface area contributed by atoms with Crippen LogP contribution in [0.3, 0.4) is 0 Å². The molecule has 0 radical (unpaired) electrons. The average molecular weight is 375 g/mol. The van der Waals surface area contributed by atoms with Gasteiger partial charge in [-0.2, -0.15) is 5.10 Å². The fourth-order valence-corrected chi connectivity index (χ4v) is 2.52. The van der Waals surface area contributed by atoms with Gasteiger partial charge in [0.05, 0.1) is 19.4 Å². The molecule has 0 saturated heterocycles. The summed E-state index contributed by atoms with van der Waals surface area (Å²) in [5.41, 5.74) is 5.20. The van der Waals surface area contributed by atoms with Gasteiger partial charge in [-0.05, 0) is 73.9 Å². The molecule has 0 aliphatic heterocycles. The Labute approximate surface area is 159 Å². The Bertz CT molecular complexity index is 773. The maximum absolute atomic E-state index is 11.9. The Hall–Kier alpha value is -2.53. The lowest BCUT2D eigenvalue weighted by atomic mass is 10.1. The van der Waals surface area contributed by atoms with Crippen LogP contribution >= 0.6 is 11.6 Å². The summed E-state index contributed by atoms with van der Waals surface area (Å²) >= 11 is 5.91. The van der Waals surface area contributed by atoms with Crippen LogP contribution < -0.4 is 14.9 Å². The molecule has 0 saturated carbocycles. The number of nitrogens with zero attached hydrogens (tertiary/aromatic N) is 1. The molecule has 1 amide bonds. The van der Waals surface area contributed by atoms with Crippen molar-refractivity contribution in [1.82, 2.24) is 5.43 Å². The van der Waals surface area contributed by atoms with Gasteiger partial charge < -0.3 is 9.47 Å². The second-order valence-electron chi connectivity index (χ2n) is 5.82. The molecule has 2 aromatic rings. The Balaban J connectivity index is 1.74. The van der Waals surface area contributed by atoms with E-state index in [4.69, 9.17) is 21.1 Å². The van der Waals surface area contributed by atoms with E-state index >= 15 is 0 Å². The third kappa shape index (κ3) is 6.08. The van der Waals surface area contributed by atoms with Crippen molar-refractivity contribution in [2.75, 3.05) is 13.7 Å².